The van der Waals surface area contributed by atoms with Crippen LogP contribution >= 0.6 is 11.3 Å². The van der Waals surface area contributed by atoms with Crippen LogP contribution in [-0.4, -0.2) is 38.9 Å². The molecular weight excluding hydrogens is 296 g/mol. The molecule has 0 radical (unpaired) electrons. The van der Waals surface area contributed by atoms with E-state index in [4.69, 9.17) is 0 Å². The number of rotatable bonds is 4. The standard InChI is InChI=1S/C13H20N2O3S2/c1-11-4-2-7-15(8-6-11)12(16)10-14-20(17,18)13-5-3-9-19-13/h3,5,9,11,14H,2,4,6-8,10H2,1H3. The molecule has 1 aliphatic rings. The van der Waals surface area contributed by atoms with Gasteiger partial charge in [0.25, 0.3) is 10.0 Å². The molecule has 2 rings (SSSR count). The summed E-state index contributed by atoms with van der Waals surface area (Å²) in [7, 11) is -3.55. The molecule has 112 valence electrons. The van der Waals surface area contributed by atoms with Gasteiger partial charge in [0.05, 0.1) is 6.54 Å². The second-order valence-electron chi connectivity index (χ2n) is 5.17. The lowest BCUT2D eigenvalue weighted by Crippen LogP contribution is -2.40. The Balaban J connectivity index is 1.89. The molecule has 1 aromatic heterocycles. The van der Waals surface area contributed by atoms with Crippen LogP contribution < -0.4 is 4.72 Å². The van der Waals surface area contributed by atoms with Gasteiger partial charge >= 0.3 is 0 Å². The molecule has 1 atom stereocenters. The average molecular weight is 316 g/mol. The molecule has 0 bridgehead atoms. The van der Waals surface area contributed by atoms with Crippen LogP contribution in [-0.2, 0) is 14.8 Å². The summed E-state index contributed by atoms with van der Waals surface area (Å²) in [5.74, 6) is 0.495. The van der Waals surface area contributed by atoms with Crippen LogP contribution in [0.4, 0.5) is 0 Å². The molecule has 1 N–H and O–H groups in total. The SMILES string of the molecule is CC1CCCN(C(=O)CNS(=O)(=O)c2cccs2)CC1. The van der Waals surface area contributed by atoms with Crippen LogP contribution in [0.3, 0.4) is 0 Å². The van der Waals surface area contributed by atoms with Gasteiger partial charge in [-0.3, -0.25) is 4.79 Å². The monoisotopic (exact) mass is 316 g/mol. The van der Waals surface area contributed by atoms with Crippen molar-refractivity contribution in [1.29, 1.82) is 0 Å². The first-order valence-electron chi connectivity index (χ1n) is 6.80. The molecule has 5 nitrogen and oxygen atoms in total. The Bertz CT molecular complexity index is 540. The van der Waals surface area contributed by atoms with Gasteiger partial charge in [0, 0.05) is 13.1 Å². The number of nitrogens with one attached hydrogen (secondary N) is 1. The van der Waals surface area contributed by atoms with Gasteiger partial charge in [0.1, 0.15) is 4.21 Å². The first-order chi connectivity index (χ1) is 9.49. The van der Waals surface area contributed by atoms with Gasteiger partial charge in [-0.2, -0.15) is 0 Å². The zero-order valence-corrected chi connectivity index (χ0v) is 13.2. The van der Waals surface area contributed by atoms with Crippen LogP contribution in [0.25, 0.3) is 0 Å². The van der Waals surface area contributed by atoms with Crippen molar-refractivity contribution in [3.63, 3.8) is 0 Å². The quantitative estimate of drug-likeness (QED) is 0.919. The average Bonchev–Trinajstić information content (AvgIpc) is 2.87. The zero-order valence-electron chi connectivity index (χ0n) is 11.5. The lowest BCUT2D eigenvalue weighted by Gasteiger charge is -2.20. The lowest BCUT2D eigenvalue weighted by atomic mass is 10.0. The fourth-order valence-electron chi connectivity index (χ4n) is 2.27. The van der Waals surface area contributed by atoms with Gasteiger partial charge in [0.2, 0.25) is 5.91 Å². The normalized spacial score (nSPS) is 20.6. The number of amides is 1. The molecule has 1 fully saturated rings. The number of hydrogen-bond acceptors (Lipinski definition) is 4. The van der Waals surface area contributed by atoms with Crippen LogP contribution in [0.2, 0.25) is 0 Å². The third-order valence-electron chi connectivity index (χ3n) is 3.54. The summed E-state index contributed by atoms with van der Waals surface area (Å²) in [5.41, 5.74) is 0. The summed E-state index contributed by atoms with van der Waals surface area (Å²) in [4.78, 5) is 13.8. The van der Waals surface area contributed by atoms with Crippen molar-refractivity contribution < 1.29 is 13.2 Å². The highest BCUT2D eigenvalue weighted by Gasteiger charge is 2.21. The molecule has 0 aliphatic carbocycles. The number of likely N-dealkylation sites (tertiary alicyclic amines) is 1. The maximum absolute atomic E-state index is 12.1. The molecule has 0 saturated carbocycles. The largest absolute Gasteiger partial charge is 0.342 e. The smallest absolute Gasteiger partial charge is 0.250 e. The van der Waals surface area contributed by atoms with Gasteiger partial charge in [-0.1, -0.05) is 13.0 Å². The molecule has 20 heavy (non-hydrogen) atoms. The highest BCUT2D eigenvalue weighted by Crippen LogP contribution is 2.17. The lowest BCUT2D eigenvalue weighted by molar-refractivity contribution is -0.129. The first kappa shape index (κ1) is 15.5. The minimum atomic E-state index is -3.55. The Morgan fingerprint density at radius 3 is 2.95 bits per heavy atom. The molecule has 7 heteroatoms. The minimum absolute atomic E-state index is 0.140. The Kier molecular flexibility index (Phi) is 5.17. The molecule has 1 saturated heterocycles. The summed E-state index contributed by atoms with van der Waals surface area (Å²) in [6.07, 6.45) is 3.11. The van der Waals surface area contributed by atoms with E-state index in [-0.39, 0.29) is 16.7 Å². The topological polar surface area (TPSA) is 66.5 Å². The predicted molar refractivity (Wildman–Crippen MR) is 79.1 cm³/mol. The van der Waals surface area contributed by atoms with Crippen molar-refractivity contribution in [2.45, 2.75) is 30.4 Å². The van der Waals surface area contributed by atoms with E-state index in [9.17, 15) is 13.2 Å². The summed E-state index contributed by atoms with van der Waals surface area (Å²) in [6, 6.07) is 3.21. The van der Waals surface area contributed by atoms with E-state index in [0.29, 0.717) is 5.92 Å². The van der Waals surface area contributed by atoms with E-state index in [1.807, 2.05) is 0 Å². The van der Waals surface area contributed by atoms with Crippen LogP contribution in [0.1, 0.15) is 26.2 Å². The number of thiophene rings is 1. The van der Waals surface area contributed by atoms with E-state index in [1.54, 1.807) is 16.3 Å². The van der Waals surface area contributed by atoms with E-state index >= 15 is 0 Å². The Morgan fingerprint density at radius 2 is 2.25 bits per heavy atom. The summed E-state index contributed by atoms with van der Waals surface area (Å²) >= 11 is 1.15. The van der Waals surface area contributed by atoms with Crippen molar-refractivity contribution in [2.24, 2.45) is 5.92 Å². The fraction of sp³-hybridized carbons (Fsp3) is 0.615. The maximum Gasteiger partial charge on any atom is 0.250 e. The van der Waals surface area contributed by atoms with E-state index in [2.05, 4.69) is 11.6 Å². The number of carbonyl (C=O) groups is 1. The van der Waals surface area contributed by atoms with Gasteiger partial charge in [-0.05, 0) is 36.6 Å². The molecule has 1 unspecified atom stereocenters. The summed E-state index contributed by atoms with van der Waals surface area (Å²) in [5, 5.41) is 1.70. The Hall–Kier alpha value is -0.920. The summed E-state index contributed by atoms with van der Waals surface area (Å²) < 4.78 is 26.5. The van der Waals surface area contributed by atoms with Gasteiger partial charge in [0.15, 0.2) is 0 Å². The van der Waals surface area contributed by atoms with Crippen molar-refractivity contribution >= 4 is 27.3 Å². The first-order valence-corrected chi connectivity index (χ1v) is 9.16. The maximum atomic E-state index is 12.1. The number of nitrogens with zero attached hydrogens (tertiary/aromatic N) is 1. The van der Waals surface area contributed by atoms with Crippen LogP contribution in [0.15, 0.2) is 21.7 Å². The van der Waals surface area contributed by atoms with Crippen LogP contribution in [0, 0.1) is 5.92 Å². The van der Waals surface area contributed by atoms with Crippen molar-refractivity contribution in [2.75, 3.05) is 19.6 Å². The fourth-order valence-corrected chi connectivity index (χ4v) is 4.28. The number of carbonyl (C=O) groups excluding carboxylic acids is 1. The second-order valence-corrected chi connectivity index (χ2v) is 8.11. The van der Waals surface area contributed by atoms with Crippen molar-refractivity contribution in [1.82, 2.24) is 9.62 Å². The van der Waals surface area contributed by atoms with E-state index < -0.39 is 10.0 Å². The van der Waals surface area contributed by atoms with E-state index in [0.717, 1.165) is 43.7 Å². The van der Waals surface area contributed by atoms with Gasteiger partial charge in [-0.15, -0.1) is 11.3 Å². The molecule has 2 heterocycles. The minimum Gasteiger partial charge on any atom is -0.342 e. The molecule has 0 spiro atoms. The Morgan fingerprint density at radius 1 is 1.45 bits per heavy atom. The van der Waals surface area contributed by atoms with Crippen LogP contribution in [0.5, 0.6) is 0 Å². The third kappa shape index (κ3) is 4.04. The number of hydrogen-bond donors (Lipinski definition) is 1. The Labute approximate surface area is 124 Å². The van der Waals surface area contributed by atoms with E-state index in [1.165, 1.54) is 6.07 Å². The highest BCUT2D eigenvalue weighted by molar-refractivity contribution is 7.91. The van der Waals surface area contributed by atoms with Gasteiger partial charge < -0.3 is 4.90 Å². The second kappa shape index (κ2) is 6.69. The predicted octanol–water partition coefficient (Wildman–Crippen LogP) is 1.68. The summed E-state index contributed by atoms with van der Waals surface area (Å²) in [6.45, 7) is 3.48. The van der Waals surface area contributed by atoms with Gasteiger partial charge in [-0.25, -0.2) is 13.1 Å². The number of sulfonamides is 1. The highest BCUT2D eigenvalue weighted by atomic mass is 32.2. The van der Waals surface area contributed by atoms with Crippen molar-refractivity contribution in [3.05, 3.63) is 17.5 Å². The molecule has 1 amide bonds. The molecule has 1 aliphatic heterocycles. The zero-order chi connectivity index (χ0) is 14.6. The molecule has 1 aromatic rings. The third-order valence-corrected chi connectivity index (χ3v) is 6.34. The molecule has 0 aromatic carbocycles. The van der Waals surface area contributed by atoms with Crippen molar-refractivity contribution in [3.8, 4) is 0 Å². The molecular formula is C13H20N2O3S2.